The van der Waals surface area contributed by atoms with Gasteiger partial charge in [0.15, 0.2) is 5.78 Å². The fourth-order valence-corrected chi connectivity index (χ4v) is 2.66. The number of rotatable bonds is 4. The van der Waals surface area contributed by atoms with Crippen LogP contribution in [0.5, 0.6) is 11.5 Å². The van der Waals surface area contributed by atoms with Crippen LogP contribution < -0.4 is 15.2 Å². The molecular weight excluding hydrogens is 334 g/mol. The molecule has 2 rings (SSSR count). The van der Waals surface area contributed by atoms with Crippen molar-refractivity contribution in [2.45, 2.75) is 6.92 Å². The summed E-state index contributed by atoms with van der Waals surface area (Å²) in [7, 11) is 3.07. The molecule has 21 heavy (non-hydrogen) atoms. The molecule has 0 fully saturated rings. The van der Waals surface area contributed by atoms with Gasteiger partial charge in [-0.05, 0) is 41.1 Å². The van der Waals surface area contributed by atoms with Crippen molar-refractivity contribution in [2.24, 2.45) is 0 Å². The summed E-state index contributed by atoms with van der Waals surface area (Å²) in [4.78, 5) is 12.8. The van der Waals surface area contributed by atoms with Gasteiger partial charge in [0.05, 0.1) is 19.8 Å². The zero-order valence-electron chi connectivity index (χ0n) is 12.1. The van der Waals surface area contributed by atoms with Crippen LogP contribution in [0.2, 0.25) is 0 Å². The van der Waals surface area contributed by atoms with E-state index in [1.807, 2.05) is 13.0 Å². The number of anilines is 1. The molecule has 0 saturated carbocycles. The lowest BCUT2D eigenvalue weighted by Crippen LogP contribution is -2.08. The smallest absolute Gasteiger partial charge is 0.199 e. The van der Waals surface area contributed by atoms with Crippen LogP contribution in [0.4, 0.5) is 5.69 Å². The first-order valence-corrected chi connectivity index (χ1v) is 7.09. The number of aryl methyl sites for hydroxylation is 1. The van der Waals surface area contributed by atoms with E-state index in [1.54, 1.807) is 31.4 Å². The second kappa shape index (κ2) is 6.18. The minimum Gasteiger partial charge on any atom is -0.497 e. The Morgan fingerprint density at radius 3 is 2.48 bits per heavy atom. The molecule has 2 N–H and O–H groups in total. The van der Waals surface area contributed by atoms with Crippen LogP contribution in [-0.4, -0.2) is 20.0 Å². The van der Waals surface area contributed by atoms with Gasteiger partial charge in [-0.15, -0.1) is 0 Å². The van der Waals surface area contributed by atoms with E-state index in [-0.39, 0.29) is 5.78 Å². The fraction of sp³-hybridized carbons (Fsp3) is 0.188. The van der Waals surface area contributed by atoms with Gasteiger partial charge in [-0.3, -0.25) is 4.79 Å². The predicted molar refractivity (Wildman–Crippen MR) is 86.3 cm³/mol. The molecule has 0 atom stereocenters. The molecule has 0 unspecified atom stereocenters. The largest absolute Gasteiger partial charge is 0.497 e. The van der Waals surface area contributed by atoms with Crippen molar-refractivity contribution in [3.8, 4) is 11.5 Å². The second-order valence-electron chi connectivity index (χ2n) is 4.61. The third-order valence-electron chi connectivity index (χ3n) is 3.16. The Morgan fingerprint density at radius 1 is 1.14 bits per heavy atom. The lowest BCUT2D eigenvalue weighted by atomic mass is 9.99. The van der Waals surface area contributed by atoms with E-state index in [4.69, 9.17) is 15.2 Å². The Bertz CT molecular complexity index is 698. The minimum atomic E-state index is -0.192. The molecule has 0 bridgehead atoms. The topological polar surface area (TPSA) is 61.5 Å². The first kappa shape index (κ1) is 15.4. The van der Waals surface area contributed by atoms with Crippen molar-refractivity contribution < 1.29 is 14.3 Å². The van der Waals surface area contributed by atoms with E-state index in [0.717, 1.165) is 5.56 Å². The van der Waals surface area contributed by atoms with E-state index in [1.165, 1.54) is 7.11 Å². The van der Waals surface area contributed by atoms with E-state index in [0.29, 0.717) is 32.8 Å². The molecule has 2 aromatic rings. The Labute approximate surface area is 132 Å². The molecule has 0 spiro atoms. The number of carbonyl (C=O) groups excluding carboxylic acids is 1. The van der Waals surface area contributed by atoms with Crippen LogP contribution in [0.3, 0.4) is 0 Å². The van der Waals surface area contributed by atoms with Crippen molar-refractivity contribution in [1.82, 2.24) is 0 Å². The first-order chi connectivity index (χ1) is 9.97. The van der Waals surface area contributed by atoms with Crippen LogP contribution in [0.1, 0.15) is 21.5 Å². The Balaban J connectivity index is 2.60. The maximum absolute atomic E-state index is 12.8. The fourth-order valence-electron chi connectivity index (χ4n) is 2.06. The molecule has 0 radical (unpaired) electrons. The first-order valence-electron chi connectivity index (χ1n) is 6.30. The van der Waals surface area contributed by atoms with Crippen molar-refractivity contribution in [2.75, 3.05) is 20.0 Å². The highest BCUT2D eigenvalue weighted by atomic mass is 79.9. The average Bonchev–Trinajstić information content (AvgIpc) is 2.48. The zero-order chi connectivity index (χ0) is 15.6. The maximum atomic E-state index is 12.8. The van der Waals surface area contributed by atoms with E-state index < -0.39 is 0 Å². The number of hydrogen-bond donors (Lipinski definition) is 1. The highest BCUT2D eigenvalue weighted by Gasteiger charge is 2.21. The third-order valence-corrected chi connectivity index (χ3v) is 3.79. The molecule has 2 aromatic carbocycles. The molecule has 110 valence electrons. The average molecular weight is 350 g/mol. The quantitative estimate of drug-likeness (QED) is 0.676. The molecular formula is C16H16BrNO3. The van der Waals surface area contributed by atoms with E-state index in [9.17, 15) is 4.79 Å². The van der Waals surface area contributed by atoms with Gasteiger partial charge < -0.3 is 15.2 Å². The molecule has 0 heterocycles. The number of ether oxygens (including phenoxy) is 2. The highest BCUT2D eigenvalue weighted by Crippen LogP contribution is 2.35. The summed E-state index contributed by atoms with van der Waals surface area (Å²) in [6.45, 7) is 1.91. The summed E-state index contributed by atoms with van der Waals surface area (Å²) >= 11 is 3.40. The molecule has 5 heteroatoms. The standard InChI is InChI=1S/C16H16BrNO3/c1-9-4-5-13(18)11(6-9)16(19)15-12(17)7-10(20-2)8-14(15)21-3/h4-8H,18H2,1-3H3. The van der Waals surface area contributed by atoms with Gasteiger partial charge in [-0.1, -0.05) is 11.6 Å². The summed E-state index contributed by atoms with van der Waals surface area (Å²) in [5.74, 6) is 0.849. The van der Waals surface area contributed by atoms with Gasteiger partial charge in [-0.25, -0.2) is 0 Å². The predicted octanol–water partition coefficient (Wildman–Crippen LogP) is 3.59. The number of benzene rings is 2. The van der Waals surface area contributed by atoms with Gasteiger partial charge in [0.25, 0.3) is 0 Å². The molecule has 0 saturated heterocycles. The Morgan fingerprint density at radius 2 is 1.86 bits per heavy atom. The number of ketones is 1. The normalized spacial score (nSPS) is 10.3. The van der Waals surface area contributed by atoms with Crippen LogP contribution >= 0.6 is 15.9 Å². The zero-order valence-corrected chi connectivity index (χ0v) is 13.7. The minimum absolute atomic E-state index is 0.192. The van der Waals surface area contributed by atoms with Crippen LogP contribution in [0, 0.1) is 6.92 Å². The van der Waals surface area contributed by atoms with Crippen LogP contribution in [0.25, 0.3) is 0 Å². The van der Waals surface area contributed by atoms with Gasteiger partial charge in [-0.2, -0.15) is 0 Å². The van der Waals surface area contributed by atoms with Gasteiger partial charge in [0, 0.05) is 21.8 Å². The van der Waals surface area contributed by atoms with Gasteiger partial charge in [0.2, 0.25) is 0 Å². The molecule has 0 aliphatic rings. The number of halogens is 1. The van der Waals surface area contributed by atoms with Crippen molar-refractivity contribution in [3.05, 3.63) is 51.5 Å². The number of hydrogen-bond acceptors (Lipinski definition) is 4. The summed E-state index contributed by atoms with van der Waals surface area (Å²) < 4.78 is 11.1. The van der Waals surface area contributed by atoms with E-state index in [2.05, 4.69) is 15.9 Å². The van der Waals surface area contributed by atoms with Crippen LogP contribution in [0.15, 0.2) is 34.8 Å². The number of nitrogen functional groups attached to an aromatic ring is 1. The monoisotopic (exact) mass is 349 g/mol. The number of carbonyl (C=O) groups is 1. The third kappa shape index (κ3) is 3.03. The summed E-state index contributed by atoms with van der Waals surface area (Å²) in [5.41, 5.74) is 8.22. The number of nitrogens with two attached hydrogens (primary N) is 1. The number of methoxy groups -OCH3 is 2. The van der Waals surface area contributed by atoms with Crippen LogP contribution in [-0.2, 0) is 0 Å². The van der Waals surface area contributed by atoms with Crippen molar-refractivity contribution in [3.63, 3.8) is 0 Å². The Kier molecular flexibility index (Phi) is 4.53. The van der Waals surface area contributed by atoms with Crippen molar-refractivity contribution >= 4 is 27.4 Å². The lowest BCUT2D eigenvalue weighted by molar-refractivity contribution is 0.103. The molecule has 0 aliphatic heterocycles. The highest BCUT2D eigenvalue weighted by molar-refractivity contribution is 9.10. The Hall–Kier alpha value is -2.01. The van der Waals surface area contributed by atoms with Gasteiger partial charge in [0.1, 0.15) is 11.5 Å². The maximum Gasteiger partial charge on any atom is 0.199 e. The summed E-state index contributed by atoms with van der Waals surface area (Å²) in [6, 6.07) is 8.76. The van der Waals surface area contributed by atoms with E-state index >= 15 is 0 Å². The summed E-state index contributed by atoms with van der Waals surface area (Å²) in [6.07, 6.45) is 0. The summed E-state index contributed by atoms with van der Waals surface area (Å²) in [5, 5.41) is 0. The van der Waals surface area contributed by atoms with Gasteiger partial charge >= 0.3 is 0 Å². The second-order valence-corrected chi connectivity index (χ2v) is 5.46. The molecule has 0 aromatic heterocycles. The SMILES string of the molecule is COc1cc(Br)c(C(=O)c2cc(C)ccc2N)c(OC)c1. The molecule has 0 amide bonds. The molecule has 4 nitrogen and oxygen atoms in total. The lowest BCUT2D eigenvalue weighted by Gasteiger charge is -2.13. The molecule has 0 aliphatic carbocycles. The van der Waals surface area contributed by atoms with Crippen molar-refractivity contribution in [1.29, 1.82) is 0 Å².